The SMILES string of the molecule is C=C/C(=C\C(=C)C)S(=O)(=O)N(C)C. The van der Waals surface area contributed by atoms with Crippen LogP contribution < -0.4 is 0 Å². The maximum atomic E-state index is 11.5. The molecule has 0 N–H and O–H groups in total. The molecular weight excluding hydrogens is 186 g/mol. The fourth-order valence-electron chi connectivity index (χ4n) is 0.692. The van der Waals surface area contributed by atoms with Gasteiger partial charge in [-0.15, -0.1) is 0 Å². The molecule has 13 heavy (non-hydrogen) atoms. The van der Waals surface area contributed by atoms with Gasteiger partial charge in [-0.3, -0.25) is 0 Å². The Morgan fingerprint density at radius 3 is 2.08 bits per heavy atom. The van der Waals surface area contributed by atoms with Gasteiger partial charge in [0, 0.05) is 14.1 Å². The Morgan fingerprint density at radius 1 is 1.38 bits per heavy atom. The number of sulfonamides is 1. The molecule has 0 heterocycles. The summed E-state index contributed by atoms with van der Waals surface area (Å²) in [5.41, 5.74) is 0.681. The van der Waals surface area contributed by atoms with Gasteiger partial charge in [-0.2, -0.15) is 0 Å². The molecule has 0 saturated carbocycles. The van der Waals surface area contributed by atoms with Crippen LogP contribution in [0.4, 0.5) is 0 Å². The number of hydrogen-bond acceptors (Lipinski definition) is 2. The second kappa shape index (κ2) is 4.39. The molecule has 0 radical (unpaired) electrons. The predicted octanol–water partition coefficient (Wildman–Crippen LogP) is 1.52. The van der Waals surface area contributed by atoms with E-state index < -0.39 is 10.0 Å². The summed E-state index contributed by atoms with van der Waals surface area (Å²) < 4.78 is 24.2. The highest BCUT2D eigenvalue weighted by molar-refractivity contribution is 7.93. The molecule has 0 amide bonds. The molecule has 3 nitrogen and oxygen atoms in total. The predicted molar refractivity (Wildman–Crippen MR) is 55.7 cm³/mol. The van der Waals surface area contributed by atoms with Crippen molar-refractivity contribution in [3.63, 3.8) is 0 Å². The Morgan fingerprint density at radius 2 is 1.85 bits per heavy atom. The van der Waals surface area contributed by atoms with Crippen LogP contribution in [0.15, 0.2) is 35.8 Å². The molecule has 0 fully saturated rings. The zero-order valence-corrected chi connectivity index (χ0v) is 9.06. The maximum absolute atomic E-state index is 11.5. The summed E-state index contributed by atoms with van der Waals surface area (Å²) in [5.74, 6) is 0. The molecule has 0 saturated heterocycles. The third kappa shape index (κ3) is 3.16. The van der Waals surface area contributed by atoms with E-state index in [4.69, 9.17) is 0 Å². The van der Waals surface area contributed by atoms with Gasteiger partial charge in [0.1, 0.15) is 0 Å². The lowest BCUT2D eigenvalue weighted by Gasteiger charge is -2.11. The molecule has 0 aliphatic heterocycles. The van der Waals surface area contributed by atoms with Crippen molar-refractivity contribution in [2.75, 3.05) is 14.1 Å². The monoisotopic (exact) mass is 201 g/mol. The van der Waals surface area contributed by atoms with Crippen LogP contribution in [0.3, 0.4) is 0 Å². The number of rotatable bonds is 4. The number of nitrogens with zero attached hydrogens (tertiary/aromatic N) is 1. The van der Waals surface area contributed by atoms with Gasteiger partial charge in [0.2, 0.25) is 10.0 Å². The maximum Gasteiger partial charge on any atom is 0.242 e. The zero-order chi connectivity index (χ0) is 10.6. The Bertz CT molecular complexity index is 337. The zero-order valence-electron chi connectivity index (χ0n) is 8.24. The summed E-state index contributed by atoms with van der Waals surface area (Å²) in [6.07, 6.45) is 2.80. The summed E-state index contributed by atoms with van der Waals surface area (Å²) in [6, 6.07) is 0. The van der Waals surface area contributed by atoms with E-state index in [1.165, 1.54) is 26.2 Å². The summed E-state index contributed by atoms with van der Waals surface area (Å²) in [7, 11) is -0.414. The molecule has 0 aromatic heterocycles. The smallest absolute Gasteiger partial charge is 0.207 e. The molecule has 0 unspecified atom stereocenters. The molecule has 4 heteroatoms. The summed E-state index contributed by atoms with van der Waals surface area (Å²) in [4.78, 5) is 0.171. The lowest BCUT2D eigenvalue weighted by Crippen LogP contribution is -2.23. The van der Waals surface area contributed by atoms with E-state index in [2.05, 4.69) is 13.2 Å². The van der Waals surface area contributed by atoms with Crippen molar-refractivity contribution >= 4 is 10.0 Å². The van der Waals surface area contributed by atoms with Gasteiger partial charge >= 0.3 is 0 Å². The van der Waals surface area contributed by atoms with E-state index in [1.807, 2.05) is 0 Å². The second-order valence-corrected chi connectivity index (χ2v) is 5.04. The average Bonchev–Trinajstić information content (AvgIpc) is 1.99. The highest BCUT2D eigenvalue weighted by Gasteiger charge is 2.17. The first-order chi connectivity index (χ1) is 5.82. The third-order valence-corrected chi connectivity index (χ3v) is 3.21. The first-order valence-corrected chi connectivity index (χ1v) is 5.18. The van der Waals surface area contributed by atoms with E-state index in [0.717, 1.165) is 4.31 Å². The van der Waals surface area contributed by atoms with Crippen LogP contribution in [0.2, 0.25) is 0 Å². The Balaban J connectivity index is 5.25. The molecule has 0 aromatic carbocycles. The number of allylic oxidation sites excluding steroid dienone is 3. The molecule has 0 atom stereocenters. The van der Waals surface area contributed by atoms with Crippen molar-refractivity contribution in [3.05, 3.63) is 35.8 Å². The van der Waals surface area contributed by atoms with Crippen molar-refractivity contribution in [1.29, 1.82) is 0 Å². The summed E-state index contributed by atoms with van der Waals surface area (Å²) in [5, 5.41) is 0. The van der Waals surface area contributed by atoms with Crippen LogP contribution in [-0.4, -0.2) is 26.8 Å². The van der Waals surface area contributed by atoms with Gasteiger partial charge in [-0.05, 0) is 19.1 Å². The van der Waals surface area contributed by atoms with E-state index in [0.29, 0.717) is 5.57 Å². The van der Waals surface area contributed by atoms with E-state index in [-0.39, 0.29) is 4.91 Å². The molecule has 0 aliphatic carbocycles. The molecule has 0 aromatic rings. The van der Waals surface area contributed by atoms with E-state index in [1.54, 1.807) is 6.92 Å². The van der Waals surface area contributed by atoms with Crippen molar-refractivity contribution in [2.45, 2.75) is 6.92 Å². The lowest BCUT2D eigenvalue weighted by atomic mass is 10.3. The van der Waals surface area contributed by atoms with Crippen molar-refractivity contribution in [2.24, 2.45) is 0 Å². The fourth-order valence-corrected chi connectivity index (χ4v) is 1.67. The Hall–Kier alpha value is -0.870. The van der Waals surface area contributed by atoms with Crippen molar-refractivity contribution < 1.29 is 8.42 Å². The summed E-state index contributed by atoms with van der Waals surface area (Å²) >= 11 is 0. The second-order valence-electron chi connectivity index (χ2n) is 2.88. The number of hydrogen-bond donors (Lipinski definition) is 0. The van der Waals surface area contributed by atoms with Gasteiger partial charge in [0.05, 0.1) is 4.91 Å². The van der Waals surface area contributed by atoms with Crippen LogP contribution in [-0.2, 0) is 10.0 Å². The highest BCUT2D eigenvalue weighted by atomic mass is 32.2. The van der Waals surface area contributed by atoms with Crippen molar-refractivity contribution in [1.82, 2.24) is 4.31 Å². The van der Waals surface area contributed by atoms with Crippen LogP contribution in [0.1, 0.15) is 6.92 Å². The lowest BCUT2D eigenvalue weighted by molar-refractivity contribution is 0.529. The van der Waals surface area contributed by atoms with E-state index in [9.17, 15) is 8.42 Å². The van der Waals surface area contributed by atoms with Crippen LogP contribution >= 0.6 is 0 Å². The van der Waals surface area contributed by atoms with Gasteiger partial charge in [-0.25, -0.2) is 12.7 Å². The highest BCUT2D eigenvalue weighted by Crippen LogP contribution is 2.12. The Labute approximate surface area is 80.1 Å². The summed E-state index contributed by atoms with van der Waals surface area (Å²) in [6.45, 7) is 8.79. The first-order valence-electron chi connectivity index (χ1n) is 3.74. The average molecular weight is 201 g/mol. The molecular formula is C9H15NO2S. The van der Waals surface area contributed by atoms with Crippen molar-refractivity contribution in [3.8, 4) is 0 Å². The van der Waals surface area contributed by atoms with Gasteiger partial charge < -0.3 is 0 Å². The molecule has 0 aliphatic rings. The van der Waals surface area contributed by atoms with Gasteiger partial charge in [0.15, 0.2) is 0 Å². The third-order valence-electron chi connectivity index (χ3n) is 1.37. The fraction of sp³-hybridized carbons (Fsp3) is 0.333. The standard InChI is InChI=1S/C9H15NO2S/c1-6-9(7-8(2)3)13(11,12)10(4)5/h6-7H,1-2H2,3-5H3/b9-7+. The molecule has 0 bridgehead atoms. The van der Waals surface area contributed by atoms with Crippen LogP contribution in [0.25, 0.3) is 0 Å². The largest absolute Gasteiger partial charge is 0.242 e. The van der Waals surface area contributed by atoms with Crippen LogP contribution in [0.5, 0.6) is 0 Å². The first kappa shape index (κ1) is 12.1. The topological polar surface area (TPSA) is 37.4 Å². The minimum atomic E-state index is -3.37. The minimum Gasteiger partial charge on any atom is -0.207 e. The minimum absolute atomic E-state index is 0.171. The quantitative estimate of drug-likeness (QED) is 0.647. The molecule has 0 spiro atoms. The molecule has 0 rings (SSSR count). The van der Waals surface area contributed by atoms with E-state index >= 15 is 0 Å². The normalized spacial score (nSPS) is 13.1. The van der Waals surface area contributed by atoms with Gasteiger partial charge in [0.25, 0.3) is 0 Å². The van der Waals surface area contributed by atoms with Gasteiger partial charge in [-0.1, -0.05) is 18.7 Å². The molecule has 74 valence electrons. The van der Waals surface area contributed by atoms with Crippen LogP contribution in [0, 0.1) is 0 Å². The Kier molecular flexibility index (Phi) is 4.10.